The van der Waals surface area contributed by atoms with Crippen molar-refractivity contribution in [2.75, 3.05) is 6.54 Å². The number of amides is 1. The molecule has 140 valence electrons. The first-order chi connectivity index (χ1) is 13.0. The molecule has 2 aliphatic rings. The largest absolute Gasteiger partial charge is 0.273 e. The van der Waals surface area contributed by atoms with Crippen molar-refractivity contribution in [3.05, 3.63) is 78.4 Å². The third-order valence-electron chi connectivity index (χ3n) is 5.80. The van der Waals surface area contributed by atoms with E-state index in [0.717, 1.165) is 22.7 Å². The Morgan fingerprint density at radius 2 is 1.63 bits per heavy atom. The topological polar surface area (TPSA) is 54.5 Å². The van der Waals surface area contributed by atoms with Gasteiger partial charge in [-0.05, 0) is 49.3 Å². The average molecular weight is 381 g/mol. The number of fused-ring (bicyclic) bond motifs is 1. The Morgan fingerprint density at radius 3 is 2.33 bits per heavy atom. The molecule has 1 fully saturated rings. The Labute approximate surface area is 160 Å². The number of sulfonamides is 1. The molecule has 1 aliphatic heterocycles. The number of nitrogens with zero attached hydrogens (tertiary/aromatic N) is 1. The Balaban J connectivity index is 1.75. The van der Waals surface area contributed by atoms with Crippen LogP contribution in [0.2, 0.25) is 0 Å². The summed E-state index contributed by atoms with van der Waals surface area (Å²) in [7, 11) is -3.84. The van der Waals surface area contributed by atoms with E-state index < -0.39 is 15.4 Å². The fourth-order valence-corrected chi connectivity index (χ4v) is 5.89. The number of piperidine rings is 1. The highest BCUT2D eigenvalue weighted by Gasteiger charge is 2.52. The number of carbonyl (C=O) groups excluding carboxylic acids is 1. The molecular weight excluding hydrogens is 358 g/mol. The molecule has 1 heterocycles. The summed E-state index contributed by atoms with van der Waals surface area (Å²) < 4.78 is 27.4. The summed E-state index contributed by atoms with van der Waals surface area (Å²) in [6, 6.07) is 18.1. The summed E-state index contributed by atoms with van der Waals surface area (Å²) in [5.74, 6) is -0.111. The molecule has 4 rings (SSSR count). The Hall–Kier alpha value is -2.40. The minimum Gasteiger partial charge on any atom is -0.273 e. The van der Waals surface area contributed by atoms with Crippen molar-refractivity contribution in [1.82, 2.24) is 4.31 Å². The van der Waals surface area contributed by atoms with Crippen LogP contribution in [-0.4, -0.2) is 25.2 Å². The minimum atomic E-state index is -3.84. The molecule has 0 radical (unpaired) electrons. The van der Waals surface area contributed by atoms with Crippen LogP contribution in [0.3, 0.4) is 0 Å². The molecule has 0 bridgehead atoms. The molecule has 2 aromatic carbocycles. The molecule has 1 amide bonds. The lowest BCUT2D eigenvalue weighted by molar-refractivity contribution is -0.141. The first kappa shape index (κ1) is 18.0. The molecule has 4 nitrogen and oxygen atoms in total. The van der Waals surface area contributed by atoms with Crippen LogP contribution < -0.4 is 0 Å². The van der Waals surface area contributed by atoms with Gasteiger partial charge in [0.15, 0.2) is 0 Å². The van der Waals surface area contributed by atoms with E-state index >= 15 is 0 Å². The normalized spacial score (nSPS) is 25.3. The maximum absolute atomic E-state index is 13.6. The summed E-state index contributed by atoms with van der Waals surface area (Å²) in [5.41, 5.74) is 0.279. The van der Waals surface area contributed by atoms with Gasteiger partial charge in [-0.2, -0.15) is 0 Å². The molecule has 0 spiro atoms. The smallest absolute Gasteiger partial charge is 0.266 e. The molecule has 2 atom stereocenters. The van der Waals surface area contributed by atoms with Crippen molar-refractivity contribution in [3.8, 4) is 0 Å². The monoisotopic (exact) mass is 381 g/mol. The van der Waals surface area contributed by atoms with Crippen LogP contribution in [0.25, 0.3) is 0 Å². The number of rotatable bonds is 4. The lowest BCUT2D eigenvalue weighted by Crippen LogP contribution is -2.56. The van der Waals surface area contributed by atoms with Gasteiger partial charge in [-0.1, -0.05) is 60.7 Å². The standard InChI is InChI=1S/C22H23NO3S/c24-21-22(17-18-9-3-1-4-10-18)15-8-7-11-19(22)14-16-23(21)27(25,26)20-12-5-2-6-13-20/h1-6,8-10,12-13,15,19H,7,11,14,16-17H2. The van der Waals surface area contributed by atoms with E-state index in [-0.39, 0.29) is 23.3 Å². The Bertz CT molecular complexity index is 954. The third kappa shape index (κ3) is 3.10. The molecule has 0 N–H and O–H groups in total. The van der Waals surface area contributed by atoms with Crippen LogP contribution in [0.5, 0.6) is 0 Å². The predicted molar refractivity (Wildman–Crippen MR) is 104 cm³/mol. The minimum absolute atomic E-state index is 0.173. The fourth-order valence-electron chi connectivity index (χ4n) is 4.40. The lowest BCUT2D eigenvalue weighted by atomic mass is 9.63. The van der Waals surface area contributed by atoms with E-state index in [2.05, 4.69) is 0 Å². The molecule has 0 saturated carbocycles. The van der Waals surface area contributed by atoms with Crippen molar-refractivity contribution >= 4 is 15.9 Å². The zero-order valence-corrected chi connectivity index (χ0v) is 15.9. The van der Waals surface area contributed by atoms with Crippen molar-refractivity contribution in [2.45, 2.75) is 30.6 Å². The average Bonchev–Trinajstić information content (AvgIpc) is 2.70. The molecule has 2 aromatic rings. The second-order valence-electron chi connectivity index (χ2n) is 7.36. The summed E-state index contributed by atoms with van der Waals surface area (Å²) in [5, 5.41) is 0. The molecule has 2 unspecified atom stereocenters. The highest BCUT2D eigenvalue weighted by atomic mass is 32.2. The second-order valence-corrected chi connectivity index (χ2v) is 9.23. The van der Waals surface area contributed by atoms with Gasteiger partial charge in [-0.25, -0.2) is 12.7 Å². The number of hydrogen-bond acceptors (Lipinski definition) is 3. The maximum atomic E-state index is 13.6. The van der Waals surface area contributed by atoms with Crippen LogP contribution in [-0.2, 0) is 21.2 Å². The lowest BCUT2D eigenvalue weighted by Gasteiger charge is -2.46. The van der Waals surface area contributed by atoms with Crippen molar-refractivity contribution in [2.24, 2.45) is 11.3 Å². The molecule has 0 aromatic heterocycles. The van der Waals surface area contributed by atoms with E-state index in [4.69, 9.17) is 0 Å². The van der Waals surface area contributed by atoms with Crippen LogP contribution >= 0.6 is 0 Å². The molecule has 27 heavy (non-hydrogen) atoms. The van der Waals surface area contributed by atoms with Gasteiger partial charge in [0.2, 0.25) is 5.91 Å². The van der Waals surface area contributed by atoms with E-state index in [1.54, 1.807) is 30.3 Å². The Morgan fingerprint density at radius 1 is 0.963 bits per heavy atom. The highest BCUT2D eigenvalue weighted by Crippen LogP contribution is 2.47. The SMILES string of the molecule is O=C1N(S(=O)(=O)c2ccccc2)CCC2CCC=CC12Cc1ccccc1. The first-order valence-corrected chi connectivity index (χ1v) is 10.8. The molecule has 5 heteroatoms. The van der Waals surface area contributed by atoms with Crippen molar-refractivity contribution in [3.63, 3.8) is 0 Å². The van der Waals surface area contributed by atoms with E-state index in [1.807, 2.05) is 42.5 Å². The number of allylic oxidation sites excluding steroid dienone is 1. The quantitative estimate of drug-likeness (QED) is 0.757. The van der Waals surface area contributed by atoms with E-state index in [0.29, 0.717) is 12.8 Å². The zero-order chi connectivity index (χ0) is 18.9. The van der Waals surface area contributed by atoms with Crippen LogP contribution in [0.15, 0.2) is 77.7 Å². The Kier molecular flexibility index (Phi) is 4.64. The number of hydrogen-bond donors (Lipinski definition) is 0. The molecule has 1 aliphatic carbocycles. The van der Waals surface area contributed by atoms with Gasteiger partial charge in [0.25, 0.3) is 10.0 Å². The maximum Gasteiger partial charge on any atom is 0.266 e. The third-order valence-corrected chi connectivity index (χ3v) is 7.60. The summed E-state index contributed by atoms with van der Waals surface area (Å²) in [4.78, 5) is 13.8. The predicted octanol–water partition coefficient (Wildman–Crippen LogP) is 3.80. The summed E-state index contributed by atoms with van der Waals surface area (Å²) in [6.45, 7) is 0.255. The first-order valence-electron chi connectivity index (χ1n) is 9.38. The number of benzene rings is 2. The van der Waals surface area contributed by atoms with E-state index in [9.17, 15) is 13.2 Å². The van der Waals surface area contributed by atoms with Crippen LogP contribution in [0, 0.1) is 11.3 Å². The van der Waals surface area contributed by atoms with Gasteiger partial charge in [-0.15, -0.1) is 0 Å². The van der Waals surface area contributed by atoms with Crippen molar-refractivity contribution < 1.29 is 13.2 Å². The van der Waals surface area contributed by atoms with Gasteiger partial charge in [0, 0.05) is 6.54 Å². The van der Waals surface area contributed by atoms with E-state index in [1.165, 1.54) is 0 Å². The second kappa shape index (κ2) is 6.97. The van der Waals surface area contributed by atoms with Gasteiger partial charge in [-0.3, -0.25) is 4.79 Å². The summed E-state index contributed by atoms with van der Waals surface area (Å²) in [6.07, 6.45) is 7.12. The van der Waals surface area contributed by atoms with Crippen LogP contribution in [0.1, 0.15) is 24.8 Å². The number of carbonyl (C=O) groups is 1. The van der Waals surface area contributed by atoms with Gasteiger partial charge < -0.3 is 0 Å². The zero-order valence-electron chi connectivity index (χ0n) is 15.1. The molecule has 1 saturated heterocycles. The van der Waals surface area contributed by atoms with Crippen molar-refractivity contribution in [1.29, 1.82) is 0 Å². The van der Waals surface area contributed by atoms with Gasteiger partial charge in [0.05, 0.1) is 10.3 Å². The molecular formula is C22H23NO3S. The highest BCUT2D eigenvalue weighted by molar-refractivity contribution is 7.89. The fraction of sp³-hybridized carbons (Fsp3) is 0.318. The van der Waals surface area contributed by atoms with Gasteiger partial charge in [0.1, 0.15) is 0 Å². The van der Waals surface area contributed by atoms with Gasteiger partial charge >= 0.3 is 0 Å². The van der Waals surface area contributed by atoms with Crippen LogP contribution in [0.4, 0.5) is 0 Å². The summed E-state index contributed by atoms with van der Waals surface area (Å²) >= 11 is 0.